The van der Waals surface area contributed by atoms with Gasteiger partial charge in [-0.15, -0.1) is 0 Å². The van der Waals surface area contributed by atoms with E-state index in [9.17, 15) is 19.7 Å². The Morgan fingerprint density at radius 1 is 1.18 bits per heavy atom. The van der Waals surface area contributed by atoms with Crippen LogP contribution in [0.3, 0.4) is 0 Å². The van der Waals surface area contributed by atoms with Gasteiger partial charge in [-0.1, -0.05) is 29.8 Å². The molecular weight excluding hydrogens is 364 g/mol. The van der Waals surface area contributed by atoms with Gasteiger partial charge in [0, 0.05) is 24.3 Å². The van der Waals surface area contributed by atoms with E-state index in [4.69, 9.17) is 9.84 Å². The third-order valence-electron chi connectivity index (χ3n) is 4.68. The third kappa shape index (κ3) is 4.34. The number of nitrogens with one attached hydrogen (secondary N) is 1. The van der Waals surface area contributed by atoms with E-state index < -0.39 is 22.5 Å². The van der Waals surface area contributed by atoms with Gasteiger partial charge in [0.1, 0.15) is 6.10 Å². The quantitative estimate of drug-likeness (QED) is 0.603. The Morgan fingerprint density at radius 2 is 1.86 bits per heavy atom. The summed E-state index contributed by atoms with van der Waals surface area (Å²) in [5, 5.41) is 23.1. The van der Waals surface area contributed by atoms with E-state index in [0.717, 1.165) is 35.7 Å². The Bertz CT molecular complexity index is 877. The van der Waals surface area contributed by atoms with Crippen LogP contribution in [0.5, 0.6) is 0 Å². The molecule has 2 aromatic rings. The van der Waals surface area contributed by atoms with Gasteiger partial charge < -0.3 is 15.2 Å². The molecule has 3 rings (SSSR count). The molecule has 0 spiro atoms. The van der Waals surface area contributed by atoms with Gasteiger partial charge in [0.15, 0.2) is 0 Å². The van der Waals surface area contributed by atoms with Crippen LogP contribution in [-0.2, 0) is 4.74 Å². The number of benzene rings is 2. The molecular formula is C20H20N2O6. The monoisotopic (exact) mass is 384 g/mol. The normalized spacial score (nSPS) is 19.0. The molecule has 1 aliphatic rings. The number of nitro groups is 1. The number of hydrogen-bond acceptors (Lipinski definition) is 5. The van der Waals surface area contributed by atoms with Crippen LogP contribution in [-0.4, -0.2) is 34.6 Å². The highest BCUT2D eigenvalue weighted by Crippen LogP contribution is 2.29. The highest BCUT2D eigenvalue weighted by molar-refractivity contribution is 5.98. The topological polar surface area (TPSA) is 119 Å². The molecule has 2 aromatic carbocycles. The fraction of sp³-hybridized carbons (Fsp3) is 0.300. The zero-order valence-electron chi connectivity index (χ0n) is 15.3. The van der Waals surface area contributed by atoms with E-state index in [1.807, 2.05) is 31.2 Å². The van der Waals surface area contributed by atoms with Crippen molar-refractivity contribution in [2.24, 2.45) is 0 Å². The standard InChI is InChI=1S/C20H20N2O6/c1-12-4-6-13(7-5-12)18-17(3-2-8-28-18)21-19(23)14-9-15(20(24)25)11-16(10-14)22(26)27/h4-7,9-11,17-18H,2-3,8H2,1H3,(H,21,23)(H,24,25). The average molecular weight is 384 g/mol. The molecule has 1 fully saturated rings. The van der Waals surface area contributed by atoms with Crippen molar-refractivity contribution in [3.8, 4) is 0 Å². The second kappa shape index (κ2) is 8.18. The Labute approximate surface area is 161 Å². The van der Waals surface area contributed by atoms with Gasteiger partial charge in [0.05, 0.1) is 16.5 Å². The highest BCUT2D eigenvalue weighted by Gasteiger charge is 2.29. The summed E-state index contributed by atoms with van der Waals surface area (Å²) in [4.78, 5) is 34.3. The number of carboxylic acids is 1. The van der Waals surface area contributed by atoms with Gasteiger partial charge in [-0.25, -0.2) is 4.79 Å². The number of aryl methyl sites for hydroxylation is 1. The number of carbonyl (C=O) groups excluding carboxylic acids is 1. The molecule has 0 bridgehead atoms. The maximum absolute atomic E-state index is 12.7. The first-order valence-corrected chi connectivity index (χ1v) is 8.87. The minimum absolute atomic E-state index is 0.0696. The molecule has 28 heavy (non-hydrogen) atoms. The van der Waals surface area contributed by atoms with Gasteiger partial charge in [-0.05, 0) is 31.4 Å². The first kappa shape index (κ1) is 19.5. The molecule has 2 atom stereocenters. The number of non-ortho nitro benzene ring substituents is 1. The van der Waals surface area contributed by atoms with Crippen LogP contribution in [0.1, 0.15) is 50.8 Å². The van der Waals surface area contributed by atoms with E-state index in [1.54, 1.807) is 0 Å². The molecule has 0 saturated carbocycles. The zero-order chi connectivity index (χ0) is 20.3. The SMILES string of the molecule is Cc1ccc(C2OCCCC2NC(=O)c2cc(C(=O)O)cc([N+](=O)[O-])c2)cc1. The first-order chi connectivity index (χ1) is 13.3. The van der Waals surface area contributed by atoms with Crippen LogP contribution < -0.4 is 5.32 Å². The summed E-state index contributed by atoms with van der Waals surface area (Å²) >= 11 is 0. The van der Waals surface area contributed by atoms with E-state index in [-0.39, 0.29) is 23.3 Å². The lowest BCUT2D eigenvalue weighted by molar-refractivity contribution is -0.384. The number of nitrogens with zero attached hydrogens (tertiary/aromatic N) is 1. The maximum Gasteiger partial charge on any atom is 0.335 e. The predicted molar refractivity (Wildman–Crippen MR) is 100 cm³/mol. The molecule has 2 unspecified atom stereocenters. The summed E-state index contributed by atoms with van der Waals surface area (Å²) in [6.45, 7) is 2.55. The van der Waals surface area contributed by atoms with Crippen molar-refractivity contribution in [2.75, 3.05) is 6.61 Å². The molecule has 2 N–H and O–H groups in total. The van der Waals surface area contributed by atoms with Crippen LogP contribution in [0.2, 0.25) is 0 Å². The summed E-state index contributed by atoms with van der Waals surface area (Å²) in [5.41, 5.74) is 1.22. The van der Waals surface area contributed by atoms with Crippen molar-refractivity contribution in [3.63, 3.8) is 0 Å². The predicted octanol–water partition coefficient (Wildman–Crippen LogP) is 3.25. The van der Waals surface area contributed by atoms with Crippen molar-refractivity contribution in [3.05, 3.63) is 74.8 Å². The number of ether oxygens (including phenoxy) is 1. The van der Waals surface area contributed by atoms with Gasteiger partial charge in [0.25, 0.3) is 11.6 Å². The molecule has 0 aliphatic carbocycles. The number of hydrogen-bond donors (Lipinski definition) is 2. The number of rotatable bonds is 5. The summed E-state index contributed by atoms with van der Waals surface area (Å²) in [6.07, 6.45) is 1.11. The number of carbonyl (C=O) groups is 2. The second-order valence-corrected chi connectivity index (χ2v) is 6.76. The molecule has 8 nitrogen and oxygen atoms in total. The fourth-order valence-electron chi connectivity index (χ4n) is 3.24. The Morgan fingerprint density at radius 3 is 2.50 bits per heavy atom. The summed E-state index contributed by atoms with van der Waals surface area (Å²) in [5.74, 6) is -1.91. The van der Waals surface area contributed by atoms with Crippen LogP contribution >= 0.6 is 0 Å². The van der Waals surface area contributed by atoms with Crippen LogP contribution in [0, 0.1) is 17.0 Å². The van der Waals surface area contributed by atoms with Crippen molar-refractivity contribution in [2.45, 2.75) is 31.9 Å². The largest absolute Gasteiger partial charge is 0.478 e. The molecule has 1 aliphatic heterocycles. The minimum atomic E-state index is -1.34. The maximum atomic E-state index is 12.7. The number of amides is 1. The molecule has 0 aromatic heterocycles. The van der Waals surface area contributed by atoms with Crippen LogP contribution in [0.4, 0.5) is 5.69 Å². The van der Waals surface area contributed by atoms with E-state index in [0.29, 0.717) is 13.0 Å². The number of aromatic carboxylic acids is 1. The number of carboxylic acid groups (broad SMARTS) is 1. The van der Waals surface area contributed by atoms with Crippen molar-refractivity contribution < 1.29 is 24.4 Å². The zero-order valence-corrected chi connectivity index (χ0v) is 15.3. The first-order valence-electron chi connectivity index (χ1n) is 8.87. The lowest BCUT2D eigenvalue weighted by atomic mass is 9.95. The van der Waals surface area contributed by atoms with E-state index in [1.165, 1.54) is 0 Å². The average Bonchev–Trinajstić information content (AvgIpc) is 2.68. The Hall–Kier alpha value is -3.26. The van der Waals surface area contributed by atoms with Crippen LogP contribution in [0.15, 0.2) is 42.5 Å². The molecule has 1 heterocycles. The molecule has 1 saturated heterocycles. The molecule has 146 valence electrons. The summed E-state index contributed by atoms with van der Waals surface area (Å²) < 4.78 is 5.86. The molecule has 1 amide bonds. The van der Waals surface area contributed by atoms with Crippen molar-refractivity contribution in [1.82, 2.24) is 5.32 Å². The smallest absolute Gasteiger partial charge is 0.335 e. The van der Waals surface area contributed by atoms with Gasteiger partial charge in [0.2, 0.25) is 0 Å². The minimum Gasteiger partial charge on any atom is -0.478 e. The van der Waals surface area contributed by atoms with Crippen molar-refractivity contribution >= 4 is 17.6 Å². The highest BCUT2D eigenvalue weighted by atomic mass is 16.6. The molecule has 8 heteroatoms. The van der Waals surface area contributed by atoms with Crippen molar-refractivity contribution in [1.29, 1.82) is 0 Å². The fourth-order valence-corrected chi connectivity index (χ4v) is 3.24. The number of nitro benzene ring substituents is 1. The van der Waals surface area contributed by atoms with Gasteiger partial charge >= 0.3 is 5.97 Å². The molecule has 0 radical (unpaired) electrons. The van der Waals surface area contributed by atoms with E-state index in [2.05, 4.69) is 5.32 Å². The third-order valence-corrected chi connectivity index (χ3v) is 4.68. The lowest BCUT2D eigenvalue weighted by Crippen LogP contribution is -2.42. The van der Waals surface area contributed by atoms with Gasteiger partial charge in [-0.3, -0.25) is 14.9 Å². The van der Waals surface area contributed by atoms with E-state index >= 15 is 0 Å². The Kier molecular flexibility index (Phi) is 5.70. The van der Waals surface area contributed by atoms with Crippen LogP contribution in [0.25, 0.3) is 0 Å². The Balaban J connectivity index is 1.85. The second-order valence-electron chi connectivity index (χ2n) is 6.76. The summed E-state index contributed by atoms with van der Waals surface area (Å²) in [6, 6.07) is 10.6. The van der Waals surface area contributed by atoms with Gasteiger partial charge in [-0.2, -0.15) is 0 Å². The summed E-state index contributed by atoms with van der Waals surface area (Å²) in [7, 11) is 0. The lowest BCUT2D eigenvalue weighted by Gasteiger charge is -2.32.